The molecule has 0 aliphatic carbocycles. The number of carbonyl (C=O) groups is 3. The quantitative estimate of drug-likeness (QED) is 0.544. The molecule has 0 saturated carbocycles. The average Bonchev–Trinajstić information content (AvgIpc) is 2.75. The van der Waals surface area contributed by atoms with Gasteiger partial charge in [-0.1, -0.05) is 30.3 Å². The number of ether oxygens (including phenoxy) is 2. The van der Waals surface area contributed by atoms with Gasteiger partial charge in [-0.15, -0.1) is 0 Å². The number of methoxy groups -OCH3 is 1. The molecule has 1 unspecified atom stereocenters. The predicted molar refractivity (Wildman–Crippen MR) is 116 cm³/mol. The first-order valence-corrected chi connectivity index (χ1v) is 10.8. The first kappa shape index (κ1) is 22.8. The molecule has 3 rings (SSSR count). The molecule has 1 saturated heterocycles. The van der Waals surface area contributed by atoms with Gasteiger partial charge in [0.2, 0.25) is 5.91 Å². The lowest BCUT2D eigenvalue weighted by Crippen LogP contribution is -2.41. The van der Waals surface area contributed by atoms with Crippen LogP contribution >= 0.6 is 0 Å². The van der Waals surface area contributed by atoms with E-state index >= 15 is 0 Å². The summed E-state index contributed by atoms with van der Waals surface area (Å²) in [6.45, 7) is 7.58. The Hall–Kier alpha value is -2.83. The summed E-state index contributed by atoms with van der Waals surface area (Å²) in [6.07, 6.45) is 4.83. The van der Waals surface area contributed by atoms with E-state index in [0.29, 0.717) is 26.2 Å². The van der Waals surface area contributed by atoms with Crippen LogP contribution < -0.4 is 0 Å². The standard InChI is InChI=1S/C24H32N2O5/c1-24(2,3)31-23(29)25-13-11-17(12-14-25)9-10-21(27)26-15-18-7-5-6-8-19(18)20(16-26)22(28)30-4/h5-10,17,20H,11-16H2,1-4H3/b10-9+. The number of esters is 1. The minimum atomic E-state index is -0.505. The predicted octanol–water partition coefficient (Wildman–Crippen LogP) is 3.49. The first-order valence-electron chi connectivity index (χ1n) is 10.8. The molecule has 168 valence electrons. The van der Waals surface area contributed by atoms with Crippen molar-refractivity contribution >= 4 is 18.0 Å². The van der Waals surface area contributed by atoms with Crippen molar-refractivity contribution in [1.82, 2.24) is 9.80 Å². The van der Waals surface area contributed by atoms with Gasteiger partial charge in [-0.2, -0.15) is 0 Å². The Morgan fingerprint density at radius 2 is 1.74 bits per heavy atom. The van der Waals surface area contributed by atoms with E-state index in [0.717, 1.165) is 24.0 Å². The zero-order chi connectivity index (χ0) is 22.6. The molecule has 0 radical (unpaired) electrons. The van der Waals surface area contributed by atoms with E-state index in [1.165, 1.54) is 7.11 Å². The normalized spacial score (nSPS) is 19.8. The van der Waals surface area contributed by atoms with Gasteiger partial charge in [-0.05, 0) is 56.7 Å². The van der Waals surface area contributed by atoms with Crippen LogP contribution in [0, 0.1) is 5.92 Å². The molecular formula is C24H32N2O5. The Kier molecular flexibility index (Phi) is 7.03. The number of rotatable bonds is 3. The fourth-order valence-corrected chi connectivity index (χ4v) is 4.04. The molecule has 0 N–H and O–H groups in total. The molecule has 2 heterocycles. The molecule has 2 amide bonds. The molecule has 1 atom stereocenters. The maximum Gasteiger partial charge on any atom is 0.410 e. The minimum absolute atomic E-state index is 0.113. The van der Waals surface area contributed by atoms with Crippen LogP contribution in [0.15, 0.2) is 36.4 Å². The van der Waals surface area contributed by atoms with Crippen LogP contribution in [0.4, 0.5) is 4.79 Å². The fourth-order valence-electron chi connectivity index (χ4n) is 4.04. The highest BCUT2D eigenvalue weighted by molar-refractivity contribution is 5.89. The molecular weight excluding hydrogens is 396 g/mol. The smallest absolute Gasteiger partial charge is 0.410 e. The number of allylic oxidation sites excluding steroid dienone is 1. The molecule has 7 heteroatoms. The van der Waals surface area contributed by atoms with E-state index in [-0.39, 0.29) is 23.9 Å². The third-order valence-corrected chi connectivity index (χ3v) is 5.69. The van der Waals surface area contributed by atoms with Gasteiger partial charge in [0.15, 0.2) is 0 Å². The van der Waals surface area contributed by atoms with Crippen LogP contribution in [0.3, 0.4) is 0 Å². The van der Waals surface area contributed by atoms with Crippen LogP contribution in [-0.2, 0) is 25.6 Å². The molecule has 1 aromatic carbocycles. The van der Waals surface area contributed by atoms with Crippen molar-refractivity contribution in [3.05, 3.63) is 47.5 Å². The number of hydrogen-bond acceptors (Lipinski definition) is 5. The van der Waals surface area contributed by atoms with Crippen molar-refractivity contribution in [2.75, 3.05) is 26.7 Å². The number of likely N-dealkylation sites (tertiary alicyclic amines) is 1. The van der Waals surface area contributed by atoms with Crippen molar-refractivity contribution in [3.8, 4) is 0 Å². The highest BCUT2D eigenvalue weighted by Crippen LogP contribution is 2.29. The van der Waals surface area contributed by atoms with Gasteiger partial charge in [0.1, 0.15) is 5.60 Å². The summed E-state index contributed by atoms with van der Waals surface area (Å²) in [4.78, 5) is 40.7. The average molecular weight is 429 g/mol. The van der Waals surface area contributed by atoms with E-state index in [1.54, 1.807) is 15.9 Å². The molecule has 0 aromatic heterocycles. The second kappa shape index (κ2) is 9.54. The molecule has 0 bridgehead atoms. The van der Waals surface area contributed by atoms with Crippen LogP contribution in [0.25, 0.3) is 0 Å². The summed E-state index contributed by atoms with van der Waals surface area (Å²) in [5.41, 5.74) is 1.39. The third kappa shape index (κ3) is 5.87. The Labute approximate surface area is 184 Å². The van der Waals surface area contributed by atoms with Gasteiger partial charge in [0.05, 0.1) is 13.0 Å². The highest BCUT2D eigenvalue weighted by atomic mass is 16.6. The number of amides is 2. The zero-order valence-corrected chi connectivity index (χ0v) is 18.8. The van der Waals surface area contributed by atoms with E-state index in [9.17, 15) is 14.4 Å². The number of hydrogen-bond donors (Lipinski definition) is 0. The van der Waals surface area contributed by atoms with Crippen LogP contribution in [0.1, 0.15) is 50.7 Å². The van der Waals surface area contributed by atoms with Gasteiger partial charge in [-0.25, -0.2) is 4.79 Å². The van der Waals surface area contributed by atoms with Gasteiger partial charge < -0.3 is 19.3 Å². The maximum absolute atomic E-state index is 12.8. The third-order valence-electron chi connectivity index (χ3n) is 5.69. The van der Waals surface area contributed by atoms with Gasteiger partial charge in [-0.3, -0.25) is 9.59 Å². The van der Waals surface area contributed by atoms with Crippen molar-refractivity contribution in [1.29, 1.82) is 0 Å². The highest BCUT2D eigenvalue weighted by Gasteiger charge is 2.32. The number of benzene rings is 1. The molecule has 2 aliphatic heterocycles. The second-order valence-corrected chi connectivity index (χ2v) is 9.16. The topological polar surface area (TPSA) is 76.2 Å². The van der Waals surface area contributed by atoms with Crippen molar-refractivity contribution in [2.45, 2.75) is 51.7 Å². The number of nitrogens with zero attached hydrogens (tertiary/aromatic N) is 2. The van der Waals surface area contributed by atoms with Gasteiger partial charge in [0.25, 0.3) is 0 Å². The van der Waals surface area contributed by atoms with Crippen LogP contribution in [0.5, 0.6) is 0 Å². The first-order chi connectivity index (χ1) is 14.7. The van der Waals surface area contributed by atoms with Crippen molar-refractivity contribution in [3.63, 3.8) is 0 Å². The molecule has 1 aromatic rings. The monoisotopic (exact) mass is 428 g/mol. The maximum atomic E-state index is 12.8. The van der Waals surface area contributed by atoms with Crippen LogP contribution in [0.2, 0.25) is 0 Å². The van der Waals surface area contributed by atoms with Crippen LogP contribution in [-0.4, -0.2) is 60.1 Å². The van der Waals surface area contributed by atoms with Crippen molar-refractivity contribution in [2.24, 2.45) is 5.92 Å². The number of carbonyl (C=O) groups excluding carboxylic acids is 3. The largest absolute Gasteiger partial charge is 0.468 e. The number of piperidine rings is 1. The fraction of sp³-hybridized carbons (Fsp3) is 0.542. The lowest BCUT2D eigenvalue weighted by Gasteiger charge is -2.33. The summed E-state index contributed by atoms with van der Waals surface area (Å²) in [7, 11) is 1.37. The van der Waals surface area contributed by atoms with Crippen molar-refractivity contribution < 1.29 is 23.9 Å². The summed E-state index contributed by atoms with van der Waals surface area (Å²) in [5.74, 6) is -0.679. The summed E-state index contributed by atoms with van der Waals surface area (Å²) in [6, 6.07) is 7.68. The number of fused-ring (bicyclic) bond motifs is 1. The molecule has 31 heavy (non-hydrogen) atoms. The molecule has 1 fully saturated rings. The zero-order valence-electron chi connectivity index (χ0n) is 18.8. The van der Waals surface area contributed by atoms with Gasteiger partial charge >= 0.3 is 12.1 Å². The van der Waals surface area contributed by atoms with E-state index in [2.05, 4.69) is 0 Å². The van der Waals surface area contributed by atoms with E-state index < -0.39 is 11.5 Å². The molecule has 2 aliphatic rings. The Morgan fingerprint density at radius 1 is 1.06 bits per heavy atom. The Balaban J connectivity index is 1.57. The van der Waals surface area contributed by atoms with Gasteiger partial charge in [0, 0.05) is 26.2 Å². The van der Waals surface area contributed by atoms with E-state index in [4.69, 9.17) is 9.47 Å². The molecule has 0 spiro atoms. The lowest BCUT2D eigenvalue weighted by atomic mass is 9.89. The summed E-state index contributed by atoms with van der Waals surface area (Å²) >= 11 is 0. The molecule has 7 nitrogen and oxygen atoms in total. The van der Waals surface area contributed by atoms with E-state index in [1.807, 2.05) is 51.1 Å². The lowest BCUT2D eigenvalue weighted by molar-refractivity contribution is -0.144. The summed E-state index contributed by atoms with van der Waals surface area (Å²) in [5, 5.41) is 0. The Morgan fingerprint density at radius 3 is 2.39 bits per heavy atom. The second-order valence-electron chi connectivity index (χ2n) is 9.16. The summed E-state index contributed by atoms with van der Waals surface area (Å²) < 4.78 is 10.4. The Bertz CT molecular complexity index is 850. The SMILES string of the molecule is COC(=O)C1CN(C(=O)/C=C/C2CCN(C(=O)OC(C)(C)C)CC2)Cc2ccccc21. The minimum Gasteiger partial charge on any atom is -0.468 e.